The molecule has 31 heavy (non-hydrogen) atoms. The van der Waals surface area contributed by atoms with Crippen molar-refractivity contribution in [1.29, 1.82) is 0 Å². The molecule has 0 N–H and O–H groups in total. The largest absolute Gasteiger partial charge is 0.476 e. The number of halogens is 5. The number of nitrogens with zero attached hydrogens (tertiary/aromatic N) is 1. The molecule has 1 aliphatic rings. The second kappa shape index (κ2) is 8.67. The summed E-state index contributed by atoms with van der Waals surface area (Å²) in [5.41, 5.74) is 0.529. The molecule has 1 heterocycles. The number of ether oxygens (including phenoxy) is 1. The van der Waals surface area contributed by atoms with Gasteiger partial charge < -0.3 is 4.74 Å². The van der Waals surface area contributed by atoms with Crippen LogP contribution in [0.2, 0.25) is 0 Å². The molecule has 0 radical (unpaired) electrons. The van der Waals surface area contributed by atoms with E-state index < -0.39 is 40.4 Å². The third-order valence-corrected chi connectivity index (χ3v) is 5.68. The molecule has 0 unspecified atom stereocenters. The summed E-state index contributed by atoms with van der Waals surface area (Å²) in [6.45, 7) is 1.74. The Bertz CT molecular complexity index is 1020. The lowest BCUT2D eigenvalue weighted by Gasteiger charge is -2.42. The van der Waals surface area contributed by atoms with Crippen LogP contribution in [0.15, 0.2) is 60.7 Å². The van der Waals surface area contributed by atoms with Crippen LogP contribution in [0.25, 0.3) is 0 Å². The number of benzene rings is 3. The molecule has 7 heteroatoms. The van der Waals surface area contributed by atoms with E-state index in [4.69, 9.17) is 4.74 Å². The second-order valence-electron chi connectivity index (χ2n) is 7.62. The number of piperidine rings is 1. The fourth-order valence-corrected chi connectivity index (χ4v) is 3.98. The maximum atomic E-state index is 14.4. The van der Waals surface area contributed by atoms with E-state index in [1.54, 1.807) is 30.3 Å². The van der Waals surface area contributed by atoms with Gasteiger partial charge in [-0.3, -0.25) is 4.90 Å². The smallest absolute Gasteiger partial charge is 0.207 e. The molecule has 0 aromatic heterocycles. The van der Waals surface area contributed by atoms with Gasteiger partial charge >= 0.3 is 0 Å². The number of hydrogen-bond donors (Lipinski definition) is 0. The molecule has 1 fully saturated rings. The first kappa shape index (κ1) is 21.3. The fourth-order valence-electron chi connectivity index (χ4n) is 3.98. The van der Waals surface area contributed by atoms with Gasteiger partial charge in [0.25, 0.3) is 0 Å². The molecule has 0 saturated carbocycles. The van der Waals surface area contributed by atoms with Gasteiger partial charge in [0.05, 0.1) is 0 Å². The van der Waals surface area contributed by atoms with Gasteiger partial charge in [-0.25, -0.2) is 13.2 Å². The summed E-state index contributed by atoms with van der Waals surface area (Å²) >= 11 is 0. The Labute approximate surface area is 176 Å². The molecule has 0 atom stereocenters. The molecule has 162 valence electrons. The lowest BCUT2D eigenvalue weighted by molar-refractivity contribution is -0.0118. The zero-order valence-corrected chi connectivity index (χ0v) is 16.6. The van der Waals surface area contributed by atoms with Gasteiger partial charge in [-0.1, -0.05) is 60.7 Å². The van der Waals surface area contributed by atoms with Gasteiger partial charge in [0.15, 0.2) is 5.75 Å². The molecule has 3 aromatic carbocycles. The third-order valence-electron chi connectivity index (χ3n) is 5.68. The van der Waals surface area contributed by atoms with Crippen molar-refractivity contribution < 1.29 is 26.7 Å². The van der Waals surface area contributed by atoms with Gasteiger partial charge in [0, 0.05) is 32.5 Å². The van der Waals surface area contributed by atoms with Crippen LogP contribution < -0.4 is 4.74 Å². The van der Waals surface area contributed by atoms with Crippen LogP contribution in [0.1, 0.15) is 24.0 Å². The zero-order valence-electron chi connectivity index (χ0n) is 16.6. The van der Waals surface area contributed by atoms with Gasteiger partial charge in [0.2, 0.25) is 29.1 Å². The number of hydrogen-bond acceptors (Lipinski definition) is 2. The molecule has 0 aliphatic carbocycles. The molecule has 3 aromatic rings. The van der Waals surface area contributed by atoms with Crippen LogP contribution in [0, 0.1) is 29.1 Å². The summed E-state index contributed by atoms with van der Waals surface area (Å²) in [5, 5.41) is 0. The first-order valence-electron chi connectivity index (χ1n) is 9.93. The summed E-state index contributed by atoms with van der Waals surface area (Å²) in [7, 11) is 0. The van der Waals surface area contributed by atoms with E-state index in [2.05, 4.69) is 4.90 Å². The molecule has 2 nitrogen and oxygen atoms in total. The standard InChI is InChI=1S/C24H20F5NO/c25-18-19(26)21(28)23(22(29)20(18)27)31-24(17-9-5-2-6-10-17)11-13-30(14-12-24)15-16-7-3-1-4-8-16/h1-10H,11-15H2. The Morgan fingerprint density at radius 3 is 1.71 bits per heavy atom. The molecular weight excluding hydrogens is 413 g/mol. The summed E-state index contributed by atoms with van der Waals surface area (Å²) in [5.74, 6) is -11.4. The van der Waals surface area contributed by atoms with Crippen LogP contribution in [-0.4, -0.2) is 18.0 Å². The Kier molecular flexibility index (Phi) is 5.96. The predicted octanol–water partition coefficient (Wildman–Crippen LogP) is 5.95. The average Bonchev–Trinajstić information content (AvgIpc) is 2.82. The van der Waals surface area contributed by atoms with Crippen molar-refractivity contribution in [2.24, 2.45) is 0 Å². The number of rotatable bonds is 5. The molecule has 0 spiro atoms. The van der Waals surface area contributed by atoms with Crippen molar-refractivity contribution in [2.45, 2.75) is 25.0 Å². The van der Waals surface area contributed by atoms with Crippen molar-refractivity contribution in [1.82, 2.24) is 4.90 Å². The molecule has 1 aliphatic heterocycles. The van der Waals surface area contributed by atoms with E-state index in [0.29, 0.717) is 38.0 Å². The minimum Gasteiger partial charge on any atom is -0.476 e. The van der Waals surface area contributed by atoms with Crippen molar-refractivity contribution in [2.75, 3.05) is 13.1 Å². The summed E-state index contributed by atoms with van der Waals surface area (Å²) in [4.78, 5) is 2.17. The Morgan fingerprint density at radius 2 is 1.16 bits per heavy atom. The zero-order chi connectivity index (χ0) is 22.0. The topological polar surface area (TPSA) is 12.5 Å². The van der Waals surface area contributed by atoms with E-state index in [1.807, 2.05) is 30.3 Å². The summed E-state index contributed by atoms with van der Waals surface area (Å²) in [6, 6.07) is 18.6. The SMILES string of the molecule is Fc1c(F)c(F)c(OC2(c3ccccc3)CCN(Cc3ccccc3)CC2)c(F)c1F. The van der Waals surface area contributed by atoms with Crippen LogP contribution in [0.5, 0.6) is 5.75 Å². The highest BCUT2D eigenvalue weighted by Gasteiger charge is 2.41. The van der Waals surface area contributed by atoms with Crippen molar-refractivity contribution in [3.63, 3.8) is 0 Å². The summed E-state index contributed by atoms with van der Waals surface area (Å²) < 4.78 is 75.3. The van der Waals surface area contributed by atoms with Crippen LogP contribution in [0.3, 0.4) is 0 Å². The average molecular weight is 433 g/mol. The quantitative estimate of drug-likeness (QED) is 0.280. The normalized spacial score (nSPS) is 16.3. The second-order valence-corrected chi connectivity index (χ2v) is 7.62. The van der Waals surface area contributed by atoms with Gasteiger partial charge in [-0.05, 0) is 11.1 Å². The highest BCUT2D eigenvalue weighted by atomic mass is 19.2. The monoisotopic (exact) mass is 433 g/mol. The van der Waals surface area contributed by atoms with E-state index >= 15 is 0 Å². The highest BCUT2D eigenvalue weighted by Crippen LogP contribution is 2.41. The first-order valence-corrected chi connectivity index (χ1v) is 9.93. The molecule has 1 saturated heterocycles. The lowest BCUT2D eigenvalue weighted by atomic mass is 9.83. The Morgan fingerprint density at radius 1 is 0.677 bits per heavy atom. The summed E-state index contributed by atoms with van der Waals surface area (Å²) in [6.07, 6.45) is 0.646. The first-order chi connectivity index (χ1) is 14.9. The molecule has 0 amide bonds. The third kappa shape index (κ3) is 4.14. The maximum Gasteiger partial charge on any atom is 0.207 e. The fraction of sp³-hybridized carbons (Fsp3) is 0.250. The van der Waals surface area contributed by atoms with Crippen molar-refractivity contribution in [3.8, 4) is 5.75 Å². The van der Waals surface area contributed by atoms with E-state index in [1.165, 1.54) is 0 Å². The van der Waals surface area contributed by atoms with Crippen molar-refractivity contribution in [3.05, 3.63) is 101 Å². The number of likely N-dealkylation sites (tertiary alicyclic amines) is 1. The molecular formula is C24H20F5NO. The highest BCUT2D eigenvalue weighted by molar-refractivity contribution is 5.33. The Balaban J connectivity index is 1.65. The van der Waals surface area contributed by atoms with E-state index in [9.17, 15) is 22.0 Å². The minimum atomic E-state index is -2.20. The van der Waals surface area contributed by atoms with Crippen LogP contribution in [0.4, 0.5) is 22.0 Å². The predicted molar refractivity (Wildman–Crippen MR) is 106 cm³/mol. The van der Waals surface area contributed by atoms with Gasteiger partial charge in [-0.15, -0.1) is 0 Å². The Hall–Kier alpha value is -2.93. The van der Waals surface area contributed by atoms with Gasteiger partial charge in [-0.2, -0.15) is 8.78 Å². The van der Waals surface area contributed by atoms with Crippen LogP contribution in [-0.2, 0) is 12.1 Å². The molecule has 0 bridgehead atoms. The van der Waals surface area contributed by atoms with E-state index in [0.717, 1.165) is 5.56 Å². The lowest BCUT2D eigenvalue weighted by Crippen LogP contribution is -2.46. The van der Waals surface area contributed by atoms with E-state index in [-0.39, 0.29) is 0 Å². The van der Waals surface area contributed by atoms with Gasteiger partial charge in [0.1, 0.15) is 5.60 Å². The van der Waals surface area contributed by atoms with Crippen molar-refractivity contribution >= 4 is 0 Å². The molecule has 4 rings (SSSR count). The minimum absolute atomic E-state index is 0.323. The van der Waals surface area contributed by atoms with Crippen LogP contribution >= 0.6 is 0 Å². The maximum absolute atomic E-state index is 14.4.